The molecule has 0 saturated heterocycles. The van der Waals surface area contributed by atoms with Crippen LogP contribution in [0.1, 0.15) is 30.9 Å². The summed E-state index contributed by atoms with van der Waals surface area (Å²) in [7, 11) is -2.50. The van der Waals surface area contributed by atoms with Gasteiger partial charge in [0.25, 0.3) is 0 Å². The van der Waals surface area contributed by atoms with Gasteiger partial charge in [-0.25, -0.2) is 18.4 Å². The van der Waals surface area contributed by atoms with Crippen molar-refractivity contribution in [2.24, 2.45) is 7.05 Å². The molecule has 0 unspecified atom stereocenters. The van der Waals surface area contributed by atoms with Gasteiger partial charge >= 0.3 is 12.1 Å². The number of pyridine rings is 3. The van der Waals surface area contributed by atoms with Crippen LogP contribution in [0, 0.1) is 11.3 Å². The standard InChI is InChI=1S/C25H19F5N6O2S/c1-3-39(37,38)19-8-14(17-5-4-15(11-32-17)23(13-31)6-7-23)10-33-20(19)22-35-18-9-16(12-34-21(18)36(22)2)24(26,27)25(28,29)30/h4-5,8-12H,3,6-7H2,1-2H3. The normalized spacial score (nSPS) is 15.3. The number of fused-ring (bicyclic) bond motifs is 1. The Morgan fingerprint density at radius 3 is 2.33 bits per heavy atom. The number of nitriles is 1. The van der Waals surface area contributed by atoms with Crippen molar-refractivity contribution in [1.29, 1.82) is 5.26 Å². The summed E-state index contributed by atoms with van der Waals surface area (Å²) in [6.07, 6.45) is -1.02. The SMILES string of the molecule is CCS(=O)(=O)c1cc(-c2ccc(C3(C#N)CC3)cn2)cnc1-c1nc2cc(C(F)(F)C(F)(F)F)cnc2n1C. The van der Waals surface area contributed by atoms with E-state index in [1.807, 2.05) is 0 Å². The number of hydrogen-bond acceptors (Lipinski definition) is 7. The number of aromatic nitrogens is 5. The second kappa shape index (κ2) is 8.77. The lowest BCUT2D eigenvalue weighted by molar-refractivity contribution is -0.289. The molecule has 4 aromatic rings. The van der Waals surface area contributed by atoms with Crippen LogP contribution in [0.5, 0.6) is 0 Å². The van der Waals surface area contributed by atoms with Crippen LogP contribution >= 0.6 is 0 Å². The minimum Gasteiger partial charge on any atom is -0.310 e. The molecule has 0 aromatic carbocycles. The summed E-state index contributed by atoms with van der Waals surface area (Å²) in [6.45, 7) is 1.43. The van der Waals surface area contributed by atoms with E-state index in [0.29, 0.717) is 23.5 Å². The molecule has 202 valence electrons. The van der Waals surface area contributed by atoms with Crippen molar-refractivity contribution in [1.82, 2.24) is 24.5 Å². The lowest BCUT2D eigenvalue weighted by Gasteiger charge is -2.19. The highest BCUT2D eigenvalue weighted by molar-refractivity contribution is 7.91. The lowest BCUT2D eigenvalue weighted by atomic mass is 9.99. The van der Waals surface area contributed by atoms with Crippen LogP contribution in [0.15, 0.2) is 47.8 Å². The van der Waals surface area contributed by atoms with Gasteiger partial charge < -0.3 is 4.57 Å². The topological polar surface area (TPSA) is 114 Å². The van der Waals surface area contributed by atoms with Crippen molar-refractivity contribution in [2.45, 2.75) is 42.2 Å². The van der Waals surface area contributed by atoms with Crippen LogP contribution in [0.2, 0.25) is 0 Å². The second-order valence-electron chi connectivity index (χ2n) is 9.23. The summed E-state index contributed by atoms with van der Waals surface area (Å²) in [5.41, 5.74) is -0.846. The maximum Gasteiger partial charge on any atom is 0.458 e. The summed E-state index contributed by atoms with van der Waals surface area (Å²) >= 11 is 0. The zero-order chi connectivity index (χ0) is 28.4. The number of sulfone groups is 1. The van der Waals surface area contributed by atoms with Crippen molar-refractivity contribution in [2.75, 3.05) is 5.75 Å². The first kappa shape index (κ1) is 26.6. The number of nitrogens with zero attached hydrogens (tertiary/aromatic N) is 6. The molecule has 0 radical (unpaired) electrons. The summed E-state index contributed by atoms with van der Waals surface area (Å²) in [5.74, 6) is -5.54. The van der Waals surface area contributed by atoms with Crippen LogP contribution in [0.4, 0.5) is 22.0 Å². The first-order chi connectivity index (χ1) is 18.2. The van der Waals surface area contributed by atoms with Gasteiger partial charge in [-0.1, -0.05) is 13.0 Å². The van der Waals surface area contributed by atoms with E-state index in [2.05, 4.69) is 26.0 Å². The third-order valence-electron chi connectivity index (χ3n) is 6.78. The van der Waals surface area contributed by atoms with E-state index in [-0.39, 0.29) is 33.3 Å². The van der Waals surface area contributed by atoms with Crippen LogP contribution in [-0.2, 0) is 28.2 Å². The number of alkyl halides is 5. The van der Waals surface area contributed by atoms with E-state index in [4.69, 9.17) is 0 Å². The number of imidazole rings is 1. The largest absolute Gasteiger partial charge is 0.458 e. The fourth-order valence-corrected chi connectivity index (χ4v) is 5.26. The summed E-state index contributed by atoms with van der Waals surface area (Å²) < 4.78 is 93.8. The second-order valence-corrected chi connectivity index (χ2v) is 11.5. The van der Waals surface area contributed by atoms with E-state index >= 15 is 0 Å². The third kappa shape index (κ3) is 4.30. The molecule has 0 bridgehead atoms. The minimum absolute atomic E-state index is 0.0406. The van der Waals surface area contributed by atoms with Gasteiger partial charge in [0, 0.05) is 31.2 Å². The molecule has 0 amide bonds. The molecule has 14 heteroatoms. The predicted molar refractivity (Wildman–Crippen MR) is 129 cm³/mol. The zero-order valence-corrected chi connectivity index (χ0v) is 21.3. The van der Waals surface area contributed by atoms with Gasteiger partial charge in [0.05, 0.1) is 33.4 Å². The number of hydrogen-bond donors (Lipinski definition) is 0. The average Bonchev–Trinajstić information content (AvgIpc) is 3.65. The van der Waals surface area contributed by atoms with Crippen molar-refractivity contribution in [3.8, 4) is 28.8 Å². The Morgan fingerprint density at radius 2 is 1.77 bits per heavy atom. The molecule has 0 atom stereocenters. The molecule has 0 spiro atoms. The minimum atomic E-state index is -5.83. The maximum absolute atomic E-state index is 13.9. The van der Waals surface area contributed by atoms with Gasteiger partial charge in [-0.2, -0.15) is 27.2 Å². The number of aryl methyl sites for hydroxylation is 1. The molecule has 0 aliphatic heterocycles. The molecule has 39 heavy (non-hydrogen) atoms. The van der Waals surface area contributed by atoms with Gasteiger partial charge in [0.1, 0.15) is 11.2 Å². The molecule has 8 nitrogen and oxygen atoms in total. The summed E-state index contributed by atoms with van der Waals surface area (Å²) in [6, 6.07) is 7.63. The highest BCUT2D eigenvalue weighted by Gasteiger charge is 2.59. The molecule has 0 N–H and O–H groups in total. The predicted octanol–water partition coefficient (Wildman–Crippen LogP) is 5.10. The lowest BCUT2D eigenvalue weighted by Crippen LogP contribution is -2.33. The maximum atomic E-state index is 13.9. The van der Waals surface area contributed by atoms with Crippen molar-refractivity contribution in [3.05, 3.63) is 54.0 Å². The summed E-state index contributed by atoms with van der Waals surface area (Å²) in [5, 5.41) is 9.40. The molecule has 4 aromatic heterocycles. The Labute approximate surface area is 219 Å². The molecule has 1 aliphatic rings. The molecular formula is C25H19F5N6O2S. The average molecular weight is 563 g/mol. The fraction of sp³-hybridized carbons (Fsp3) is 0.320. The van der Waals surface area contributed by atoms with E-state index < -0.39 is 32.9 Å². The Kier molecular flexibility index (Phi) is 5.98. The third-order valence-corrected chi connectivity index (χ3v) is 8.52. The Morgan fingerprint density at radius 1 is 1.05 bits per heavy atom. The van der Waals surface area contributed by atoms with E-state index in [1.54, 1.807) is 18.3 Å². The quantitative estimate of drug-likeness (QED) is 0.301. The van der Waals surface area contributed by atoms with Crippen LogP contribution < -0.4 is 0 Å². The highest BCUT2D eigenvalue weighted by Crippen LogP contribution is 2.47. The Balaban J connectivity index is 1.62. The number of halogens is 5. The fourth-order valence-electron chi connectivity index (χ4n) is 4.21. The van der Waals surface area contributed by atoms with Gasteiger partial charge in [0.15, 0.2) is 21.3 Å². The zero-order valence-electron chi connectivity index (χ0n) is 20.5. The van der Waals surface area contributed by atoms with Crippen LogP contribution in [0.25, 0.3) is 33.9 Å². The van der Waals surface area contributed by atoms with Gasteiger partial charge in [-0.05, 0) is 36.6 Å². The van der Waals surface area contributed by atoms with E-state index in [0.717, 1.165) is 18.4 Å². The van der Waals surface area contributed by atoms with Crippen molar-refractivity contribution < 1.29 is 30.4 Å². The van der Waals surface area contributed by atoms with Crippen LogP contribution in [-0.4, -0.2) is 44.8 Å². The molecule has 5 rings (SSSR count). The summed E-state index contributed by atoms with van der Waals surface area (Å²) in [4.78, 5) is 16.3. The van der Waals surface area contributed by atoms with Gasteiger partial charge in [-0.3, -0.25) is 9.97 Å². The first-order valence-corrected chi connectivity index (χ1v) is 13.3. The molecule has 4 heterocycles. The molecule has 1 saturated carbocycles. The first-order valence-electron chi connectivity index (χ1n) is 11.6. The van der Waals surface area contributed by atoms with Crippen molar-refractivity contribution >= 4 is 21.0 Å². The molecule has 1 fully saturated rings. The van der Waals surface area contributed by atoms with Crippen molar-refractivity contribution in [3.63, 3.8) is 0 Å². The van der Waals surface area contributed by atoms with Gasteiger partial charge in [0.2, 0.25) is 0 Å². The molecule has 1 aliphatic carbocycles. The Hall–Kier alpha value is -3.99. The van der Waals surface area contributed by atoms with E-state index in [9.17, 15) is 35.6 Å². The van der Waals surface area contributed by atoms with Crippen LogP contribution in [0.3, 0.4) is 0 Å². The smallest absolute Gasteiger partial charge is 0.310 e. The van der Waals surface area contributed by atoms with E-state index in [1.165, 1.54) is 30.8 Å². The molecular weight excluding hydrogens is 543 g/mol. The monoisotopic (exact) mass is 562 g/mol. The van der Waals surface area contributed by atoms with Gasteiger partial charge in [-0.15, -0.1) is 0 Å². The number of rotatable bonds is 6. The Bertz CT molecular complexity index is 1750. The highest BCUT2D eigenvalue weighted by atomic mass is 32.2.